The van der Waals surface area contributed by atoms with Crippen molar-refractivity contribution in [3.8, 4) is 0 Å². The van der Waals surface area contributed by atoms with Crippen LogP contribution in [-0.2, 0) is 14.3 Å². The maximum atomic E-state index is 12.0. The van der Waals surface area contributed by atoms with Crippen LogP contribution >= 0.6 is 0 Å². The van der Waals surface area contributed by atoms with E-state index in [2.05, 4.69) is 21.4 Å². The maximum Gasteiger partial charge on any atom is 0.339 e. The number of anilines is 1. The Labute approximate surface area is 147 Å². The summed E-state index contributed by atoms with van der Waals surface area (Å²) in [4.78, 5) is 35.6. The predicted octanol–water partition coefficient (Wildman–Crippen LogP) is 2.81. The minimum Gasteiger partial charge on any atom is -0.465 e. The molecule has 0 radical (unpaired) electrons. The van der Waals surface area contributed by atoms with Crippen molar-refractivity contribution in [1.82, 2.24) is 5.32 Å². The first-order valence-corrected chi connectivity index (χ1v) is 8.52. The topological polar surface area (TPSA) is 84.5 Å². The van der Waals surface area contributed by atoms with Gasteiger partial charge in [0.15, 0.2) is 0 Å². The number of nitrogens with one attached hydrogen (secondary N) is 2. The second-order valence-electron chi connectivity index (χ2n) is 5.97. The summed E-state index contributed by atoms with van der Waals surface area (Å²) in [6.07, 6.45) is 7.45. The Morgan fingerprint density at radius 2 is 1.92 bits per heavy atom. The summed E-state index contributed by atoms with van der Waals surface area (Å²) in [5, 5.41) is 5.35. The van der Waals surface area contributed by atoms with E-state index in [0.717, 1.165) is 19.3 Å². The van der Waals surface area contributed by atoms with Gasteiger partial charge in [0.05, 0.1) is 18.4 Å². The minimum absolute atomic E-state index is 0.253. The third-order valence-electron chi connectivity index (χ3n) is 4.08. The van der Waals surface area contributed by atoms with Gasteiger partial charge in [0.1, 0.15) is 6.42 Å². The molecular weight excluding hydrogens is 320 g/mol. The van der Waals surface area contributed by atoms with Crippen molar-refractivity contribution in [3.63, 3.8) is 0 Å². The fourth-order valence-electron chi connectivity index (χ4n) is 2.78. The Hall–Kier alpha value is -2.63. The second-order valence-corrected chi connectivity index (χ2v) is 5.97. The number of rotatable bonds is 7. The average Bonchev–Trinajstić information content (AvgIpc) is 2.62. The van der Waals surface area contributed by atoms with Crippen LogP contribution in [0, 0.1) is 0 Å². The van der Waals surface area contributed by atoms with Crippen molar-refractivity contribution >= 4 is 23.5 Å². The molecular formula is C19H24N2O4. The molecule has 0 saturated carbocycles. The Bertz CT molecular complexity index is 667. The van der Waals surface area contributed by atoms with Crippen LogP contribution < -0.4 is 10.6 Å². The summed E-state index contributed by atoms with van der Waals surface area (Å²) in [6, 6.07) is 6.52. The molecule has 0 spiro atoms. The Morgan fingerprint density at radius 1 is 1.12 bits per heavy atom. The quantitative estimate of drug-likeness (QED) is 0.452. The zero-order valence-corrected chi connectivity index (χ0v) is 14.5. The number of carbonyl (C=O) groups is 3. The lowest BCUT2D eigenvalue weighted by molar-refractivity contribution is -0.126. The molecule has 1 aliphatic rings. The SMILES string of the molecule is COC(=O)c1ccccc1NC(=O)CC(=O)NCCC1=CCCCC1. The summed E-state index contributed by atoms with van der Waals surface area (Å²) < 4.78 is 4.68. The van der Waals surface area contributed by atoms with E-state index < -0.39 is 11.9 Å². The van der Waals surface area contributed by atoms with Crippen LogP contribution in [0.1, 0.15) is 48.9 Å². The third-order valence-corrected chi connectivity index (χ3v) is 4.08. The largest absolute Gasteiger partial charge is 0.465 e. The first kappa shape index (κ1) is 18.7. The molecule has 134 valence electrons. The number of carbonyl (C=O) groups excluding carboxylic acids is 3. The summed E-state index contributed by atoms with van der Waals surface area (Å²) in [6.45, 7) is 0.538. The van der Waals surface area contributed by atoms with E-state index >= 15 is 0 Å². The molecule has 0 unspecified atom stereocenters. The zero-order valence-electron chi connectivity index (χ0n) is 14.5. The summed E-state index contributed by atoms with van der Waals surface area (Å²) in [5.41, 5.74) is 1.96. The maximum absolute atomic E-state index is 12.0. The first-order chi connectivity index (χ1) is 12.1. The van der Waals surface area contributed by atoms with Crippen LogP contribution in [0.3, 0.4) is 0 Å². The summed E-state index contributed by atoms with van der Waals surface area (Å²) >= 11 is 0. The van der Waals surface area contributed by atoms with Gasteiger partial charge >= 0.3 is 5.97 Å². The highest BCUT2D eigenvalue weighted by molar-refractivity contribution is 6.06. The van der Waals surface area contributed by atoms with Gasteiger partial charge in [-0.3, -0.25) is 9.59 Å². The van der Waals surface area contributed by atoms with Gasteiger partial charge in [-0.2, -0.15) is 0 Å². The fourth-order valence-corrected chi connectivity index (χ4v) is 2.78. The lowest BCUT2D eigenvalue weighted by Gasteiger charge is -2.13. The van der Waals surface area contributed by atoms with Gasteiger partial charge in [-0.1, -0.05) is 23.8 Å². The molecule has 1 aromatic carbocycles. The minimum atomic E-state index is -0.541. The number of hydrogen-bond donors (Lipinski definition) is 2. The highest BCUT2D eigenvalue weighted by Crippen LogP contribution is 2.19. The number of amides is 2. The predicted molar refractivity (Wildman–Crippen MR) is 95.2 cm³/mol. The molecule has 6 heteroatoms. The van der Waals surface area contributed by atoms with Gasteiger partial charge in [-0.05, 0) is 44.2 Å². The second kappa shape index (κ2) is 9.61. The third kappa shape index (κ3) is 6.06. The van der Waals surface area contributed by atoms with Crippen LogP contribution in [-0.4, -0.2) is 31.4 Å². The molecule has 0 aliphatic heterocycles. The summed E-state index contributed by atoms with van der Waals surface area (Å²) in [5.74, 6) is -1.34. The smallest absolute Gasteiger partial charge is 0.339 e. The highest BCUT2D eigenvalue weighted by Gasteiger charge is 2.15. The fraction of sp³-hybridized carbons (Fsp3) is 0.421. The molecule has 25 heavy (non-hydrogen) atoms. The lowest BCUT2D eigenvalue weighted by atomic mass is 9.97. The van der Waals surface area contributed by atoms with Gasteiger partial charge in [-0.15, -0.1) is 0 Å². The van der Waals surface area contributed by atoms with Crippen LogP contribution in [0.5, 0.6) is 0 Å². The van der Waals surface area contributed by atoms with Crippen molar-refractivity contribution in [2.75, 3.05) is 19.0 Å². The number of para-hydroxylation sites is 1. The number of benzene rings is 1. The molecule has 0 fully saturated rings. The molecule has 0 bridgehead atoms. The van der Waals surface area contributed by atoms with E-state index in [0.29, 0.717) is 12.2 Å². The standard InChI is InChI=1S/C19H24N2O4/c1-25-19(24)15-9-5-6-10-16(15)21-18(23)13-17(22)20-12-11-14-7-3-2-4-8-14/h5-7,9-10H,2-4,8,11-13H2,1H3,(H,20,22)(H,21,23). The van der Waals surface area contributed by atoms with E-state index in [-0.39, 0.29) is 17.9 Å². The number of hydrogen-bond acceptors (Lipinski definition) is 4. The number of ether oxygens (including phenoxy) is 1. The molecule has 0 atom stereocenters. The normalized spacial score (nSPS) is 13.6. The van der Waals surface area contributed by atoms with Gasteiger partial charge < -0.3 is 15.4 Å². The van der Waals surface area contributed by atoms with E-state index in [4.69, 9.17) is 0 Å². The van der Waals surface area contributed by atoms with E-state index in [1.165, 1.54) is 25.5 Å². The van der Waals surface area contributed by atoms with Crippen LogP contribution in [0.4, 0.5) is 5.69 Å². The van der Waals surface area contributed by atoms with Crippen molar-refractivity contribution < 1.29 is 19.1 Å². The van der Waals surface area contributed by atoms with Crippen LogP contribution in [0.15, 0.2) is 35.9 Å². The summed E-state index contributed by atoms with van der Waals surface area (Å²) in [7, 11) is 1.27. The molecule has 2 amide bonds. The Morgan fingerprint density at radius 3 is 2.64 bits per heavy atom. The van der Waals surface area contributed by atoms with Crippen molar-refractivity contribution in [1.29, 1.82) is 0 Å². The van der Waals surface area contributed by atoms with E-state index in [1.807, 2.05) is 0 Å². The van der Waals surface area contributed by atoms with Gasteiger partial charge in [-0.25, -0.2) is 4.79 Å². The van der Waals surface area contributed by atoms with Crippen molar-refractivity contribution in [3.05, 3.63) is 41.5 Å². The Kier molecular flexibility index (Phi) is 7.19. The van der Waals surface area contributed by atoms with Crippen LogP contribution in [0.2, 0.25) is 0 Å². The van der Waals surface area contributed by atoms with Gasteiger partial charge in [0, 0.05) is 6.54 Å². The molecule has 1 aliphatic carbocycles. The zero-order chi connectivity index (χ0) is 18.1. The molecule has 6 nitrogen and oxygen atoms in total. The number of esters is 1. The number of allylic oxidation sites excluding steroid dienone is 1. The average molecular weight is 344 g/mol. The van der Waals surface area contributed by atoms with Crippen molar-refractivity contribution in [2.24, 2.45) is 0 Å². The lowest BCUT2D eigenvalue weighted by Crippen LogP contribution is -2.29. The van der Waals surface area contributed by atoms with E-state index in [9.17, 15) is 14.4 Å². The molecule has 0 heterocycles. The van der Waals surface area contributed by atoms with Crippen LogP contribution in [0.25, 0.3) is 0 Å². The Balaban J connectivity index is 1.79. The highest BCUT2D eigenvalue weighted by atomic mass is 16.5. The molecule has 0 saturated heterocycles. The molecule has 1 aromatic rings. The first-order valence-electron chi connectivity index (χ1n) is 8.52. The van der Waals surface area contributed by atoms with Crippen molar-refractivity contribution in [2.45, 2.75) is 38.5 Å². The number of methoxy groups -OCH3 is 1. The van der Waals surface area contributed by atoms with Gasteiger partial charge in [0.2, 0.25) is 11.8 Å². The monoisotopic (exact) mass is 344 g/mol. The molecule has 2 rings (SSSR count). The van der Waals surface area contributed by atoms with E-state index in [1.54, 1.807) is 24.3 Å². The molecule has 0 aromatic heterocycles. The molecule has 2 N–H and O–H groups in total. The van der Waals surface area contributed by atoms with Gasteiger partial charge in [0.25, 0.3) is 0 Å².